The Labute approximate surface area is 146 Å². The molecule has 0 saturated heterocycles. The van der Waals surface area contributed by atoms with Crippen molar-refractivity contribution in [1.82, 2.24) is 10.6 Å². The first kappa shape index (κ1) is 20.6. The summed E-state index contributed by atoms with van der Waals surface area (Å²) in [7, 11) is 0. The first-order valence-corrected chi connectivity index (χ1v) is 8.01. The maximum absolute atomic E-state index is 12.9. The zero-order chi connectivity index (χ0) is 19.0. The molecule has 0 bridgehead atoms. The number of hydrogen-bond donors (Lipinski definition) is 4. The van der Waals surface area contributed by atoms with Crippen molar-refractivity contribution in [3.8, 4) is 0 Å². The molecule has 0 radical (unpaired) electrons. The third kappa shape index (κ3) is 6.88. The lowest BCUT2D eigenvalue weighted by Gasteiger charge is -2.26. The van der Waals surface area contributed by atoms with E-state index in [-0.39, 0.29) is 12.3 Å². The van der Waals surface area contributed by atoms with Gasteiger partial charge in [-0.05, 0) is 50.9 Å². The predicted molar refractivity (Wildman–Crippen MR) is 91.7 cm³/mol. The first-order chi connectivity index (χ1) is 11.7. The molecule has 1 rings (SSSR count). The first-order valence-electron chi connectivity index (χ1n) is 8.01. The number of hydrogen-bond acceptors (Lipinski definition) is 4. The fourth-order valence-corrected chi connectivity index (χ4v) is 2.08. The molecule has 8 heteroatoms. The quantitative estimate of drug-likeness (QED) is 0.498. The number of nitrogens with two attached hydrogens (primary N) is 2. The van der Waals surface area contributed by atoms with Crippen molar-refractivity contribution in [1.29, 1.82) is 0 Å². The van der Waals surface area contributed by atoms with Gasteiger partial charge in [0, 0.05) is 0 Å². The summed E-state index contributed by atoms with van der Waals surface area (Å²) >= 11 is 0. The van der Waals surface area contributed by atoms with Crippen LogP contribution in [0.5, 0.6) is 0 Å². The van der Waals surface area contributed by atoms with Crippen LogP contribution < -0.4 is 22.1 Å². The summed E-state index contributed by atoms with van der Waals surface area (Å²) in [5.41, 5.74) is 10.1. The molecule has 0 saturated carbocycles. The van der Waals surface area contributed by atoms with Crippen LogP contribution in [0.4, 0.5) is 4.39 Å². The number of primary amides is 1. The summed E-state index contributed by atoms with van der Waals surface area (Å²) in [6.45, 7) is 3.32. The summed E-state index contributed by atoms with van der Waals surface area (Å²) in [5.74, 6) is -1.97. The van der Waals surface area contributed by atoms with E-state index in [4.69, 9.17) is 11.5 Å². The highest BCUT2D eigenvalue weighted by atomic mass is 19.1. The van der Waals surface area contributed by atoms with Crippen LogP contribution in [0.15, 0.2) is 24.3 Å². The third-order valence-corrected chi connectivity index (χ3v) is 3.68. The lowest BCUT2D eigenvalue weighted by molar-refractivity contribution is -0.133. The van der Waals surface area contributed by atoms with E-state index < -0.39 is 29.2 Å². The lowest BCUT2D eigenvalue weighted by Crippen LogP contribution is -2.58. The topological polar surface area (TPSA) is 127 Å². The Morgan fingerprint density at radius 1 is 1.20 bits per heavy atom. The molecule has 0 fully saturated rings. The number of amides is 3. The summed E-state index contributed by atoms with van der Waals surface area (Å²) < 4.78 is 12.9. The summed E-state index contributed by atoms with van der Waals surface area (Å²) in [5, 5.41) is 5.15. The van der Waals surface area contributed by atoms with Gasteiger partial charge in [0.05, 0.1) is 6.42 Å². The smallest absolute Gasteiger partial charge is 0.243 e. The molecule has 0 aliphatic heterocycles. The Morgan fingerprint density at radius 2 is 1.80 bits per heavy atom. The monoisotopic (exact) mass is 352 g/mol. The van der Waals surface area contributed by atoms with E-state index in [0.29, 0.717) is 24.9 Å². The number of carbonyl (C=O) groups excluding carboxylic acids is 3. The van der Waals surface area contributed by atoms with E-state index in [1.165, 1.54) is 38.1 Å². The van der Waals surface area contributed by atoms with Crippen molar-refractivity contribution in [2.75, 3.05) is 6.54 Å². The largest absolute Gasteiger partial charge is 0.368 e. The summed E-state index contributed by atoms with van der Waals surface area (Å²) in [6, 6.07) is 4.68. The Hall–Kier alpha value is -2.48. The number of benzene rings is 1. The highest BCUT2D eigenvalue weighted by Crippen LogP contribution is 2.06. The van der Waals surface area contributed by atoms with Crippen molar-refractivity contribution < 1.29 is 18.8 Å². The molecule has 1 aromatic rings. The van der Waals surface area contributed by atoms with Gasteiger partial charge in [-0.15, -0.1) is 0 Å². The van der Waals surface area contributed by atoms with Crippen LogP contribution in [0, 0.1) is 5.82 Å². The SMILES string of the molecule is CC(C)(NC(=O)[C@H](CCCN)NC(=O)Cc1ccc(F)cc1)C(N)=O. The number of nitrogens with one attached hydrogen (secondary N) is 2. The molecule has 0 unspecified atom stereocenters. The molecule has 0 heterocycles. The lowest BCUT2D eigenvalue weighted by atomic mass is 10.0. The van der Waals surface area contributed by atoms with Crippen molar-refractivity contribution in [3.63, 3.8) is 0 Å². The van der Waals surface area contributed by atoms with Crippen LogP contribution >= 0.6 is 0 Å². The minimum atomic E-state index is -1.24. The maximum atomic E-state index is 12.9. The van der Waals surface area contributed by atoms with Gasteiger partial charge in [-0.2, -0.15) is 0 Å². The third-order valence-electron chi connectivity index (χ3n) is 3.68. The molecule has 138 valence electrons. The molecule has 6 N–H and O–H groups in total. The van der Waals surface area contributed by atoms with E-state index >= 15 is 0 Å². The van der Waals surface area contributed by atoms with E-state index in [1.54, 1.807) is 0 Å². The molecule has 1 atom stereocenters. The molecule has 7 nitrogen and oxygen atoms in total. The maximum Gasteiger partial charge on any atom is 0.243 e. The van der Waals surface area contributed by atoms with E-state index in [2.05, 4.69) is 10.6 Å². The molecule has 0 aliphatic rings. The highest BCUT2D eigenvalue weighted by molar-refractivity contribution is 5.93. The van der Waals surface area contributed by atoms with Crippen molar-refractivity contribution in [2.24, 2.45) is 11.5 Å². The second-order valence-electron chi connectivity index (χ2n) is 6.33. The van der Waals surface area contributed by atoms with Crippen LogP contribution in [-0.4, -0.2) is 35.8 Å². The van der Waals surface area contributed by atoms with Crippen molar-refractivity contribution >= 4 is 17.7 Å². The Morgan fingerprint density at radius 3 is 2.32 bits per heavy atom. The fourth-order valence-electron chi connectivity index (χ4n) is 2.08. The molecule has 25 heavy (non-hydrogen) atoms. The van der Waals surface area contributed by atoms with Crippen molar-refractivity contribution in [3.05, 3.63) is 35.6 Å². The second-order valence-corrected chi connectivity index (χ2v) is 6.33. The van der Waals surface area contributed by atoms with Gasteiger partial charge in [0.2, 0.25) is 17.7 Å². The highest BCUT2D eigenvalue weighted by Gasteiger charge is 2.30. The number of carbonyl (C=O) groups is 3. The van der Waals surface area contributed by atoms with Gasteiger partial charge in [0.15, 0.2) is 0 Å². The van der Waals surface area contributed by atoms with Gasteiger partial charge >= 0.3 is 0 Å². The minimum Gasteiger partial charge on any atom is -0.368 e. The Balaban J connectivity index is 2.73. The molecular weight excluding hydrogens is 327 g/mol. The fraction of sp³-hybridized carbons (Fsp3) is 0.471. The molecule has 0 aromatic heterocycles. The zero-order valence-electron chi connectivity index (χ0n) is 14.5. The van der Waals surface area contributed by atoms with Gasteiger partial charge in [0.1, 0.15) is 17.4 Å². The molecule has 1 aromatic carbocycles. The van der Waals surface area contributed by atoms with E-state index in [1.807, 2.05) is 0 Å². The molecule has 0 spiro atoms. The molecular formula is C17H25FN4O3. The number of halogens is 1. The molecule has 0 aliphatic carbocycles. The normalized spacial score (nSPS) is 12.3. The average Bonchev–Trinajstić information content (AvgIpc) is 2.53. The van der Waals surface area contributed by atoms with Gasteiger partial charge in [-0.3, -0.25) is 14.4 Å². The van der Waals surface area contributed by atoms with Crippen LogP contribution in [0.25, 0.3) is 0 Å². The van der Waals surface area contributed by atoms with Gasteiger partial charge < -0.3 is 22.1 Å². The summed E-state index contributed by atoms with van der Waals surface area (Å²) in [6.07, 6.45) is 0.851. The number of rotatable bonds is 9. The van der Waals surface area contributed by atoms with E-state index in [9.17, 15) is 18.8 Å². The Bertz CT molecular complexity index is 617. The summed E-state index contributed by atoms with van der Waals surface area (Å²) in [4.78, 5) is 35.9. The van der Waals surface area contributed by atoms with Gasteiger partial charge in [-0.1, -0.05) is 12.1 Å². The minimum absolute atomic E-state index is 0.00585. The predicted octanol–water partition coefficient (Wildman–Crippen LogP) is -0.0280. The van der Waals surface area contributed by atoms with Crippen molar-refractivity contribution in [2.45, 2.75) is 44.7 Å². The van der Waals surface area contributed by atoms with Gasteiger partial charge in [0.25, 0.3) is 0 Å². The van der Waals surface area contributed by atoms with Crippen LogP contribution in [0.2, 0.25) is 0 Å². The van der Waals surface area contributed by atoms with Crippen LogP contribution in [0.3, 0.4) is 0 Å². The molecule has 3 amide bonds. The second kappa shape index (κ2) is 9.12. The van der Waals surface area contributed by atoms with Crippen LogP contribution in [0.1, 0.15) is 32.3 Å². The van der Waals surface area contributed by atoms with Gasteiger partial charge in [-0.25, -0.2) is 4.39 Å². The van der Waals surface area contributed by atoms with Crippen LogP contribution in [-0.2, 0) is 20.8 Å². The standard InChI is InChI=1S/C17H25FN4O3/c1-17(2,16(20)25)22-15(24)13(4-3-9-19)21-14(23)10-11-5-7-12(18)8-6-11/h5-8,13H,3-4,9-10,19H2,1-2H3,(H2,20,25)(H,21,23)(H,22,24)/t13-/m0/s1. The average molecular weight is 352 g/mol. The van der Waals surface area contributed by atoms with E-state index in [0.717, 1.165) is 0 Å². The Kier molecular flexibility index (Phi) is 7.50. The zero-order valence-corrected chi connectivity index (χ0v) is 14.5.